The highest BCUT2D eigenvalue weighted by atomic mass is 19.1. The lowest BCUT2D eigenvalue weighted by Gasteiger charge is -2.17. The fourth-order valence-corrected chi connectivity index (χ4v) is 1.23. The molecule has 0 saturated carbocycles. The van der Waals surface area contributed by atoms with Crippen LogP contribution in [0.3, 0.4) is 0 Å². The van der Waals surface area contributed by atoms with Crippen molar-refractivity contribution in [1.29, 1.82) is 0 Å². The number of hydrogen-bond acceptors (Lipinski definition) is 2. The number of carbonyl (C=O) groups is 1. The van der Waals surface area contributed by atoms with Crippen molar-refractivity contribution in [3.05, 3.63) is 35.4 Å². The fraction of sp³-hybridized carbons (Fsp3) is 0.364. The van der Waals surface area contributed by atoms with Crippen LogP contribution in [0.4, 0.5) is 8.78 Å². The molecular weight excluding hydrogens is 216 g/mol. The minimum Gasteiger partial charge on any atom is -0.375 e. The first-order chi connectivity index (χ1) is 7.54. The molecule has 1 aromatic carbocycles. The van der Waals surface area contributed by atoms with Crippen LogP contribution in [0.25, 0.3) is 0 Å². The zero-order valence-electron chi connectivity index (χ0n) is 9.17. The number of methoxy groups -OCH3 is 1. The summed E-state index contributed by atoms with van der Waals surface area (Å²) in [5, 5.41) is 0. The normalized spacial score (nSPS) is 10.2. The Kier molecular flexibility index (Phi) is 4.37. The average Bonchev–Trinajstić information content (AvgIpc) is 2.22. The second-order valence-corrected chi connectivity index (χ2v) is 3.42. The molecule has 0 heterocycles. The zero-order valence-corrected chi connectivity index (χ0v) is 9.17. The standard InChI is InChI=1S/C11H13F2NO2/c1-14(11(15)7-16-2)6-8-3-4-9(12)5-10(8)13/h3-5H,6-7H2,1-2H3. The maximum atomic E-state index is 13.3. The summed E-state index contributed by atoms with van der Waals surface area (Å²) in [4.78, 5) is 12.6. The van der Waals surface area contributed by atoms with Crippen LogP contribution in [0.15, 0.2) is 18.2 Å². The van der Waals surface area contributed by atoms with E-state index in [0.717, 1.165) is 12.1 Å². The van der Waals surface area contributed by atoms with Crippen LogP contribution in [0, 0.1) is 11.6 Å². The van der Waals surface area contributed by atoms with Crippen LogP contribution in [0.2, 0.25) is 0 Å². The third kappa shape index (κ3) is 3.27. The SMILES string of the molecule is COCC(=O)N(C)Cc1ccc(F)cc1F. The number of ether oxygens (including phenoxy) is 1. The molecule has 0 aliphatic carbocycles. The summed E-state index contributed by atoms with van der Waals surface area (Å²) in [6.45, 7) is 0.0353. The molecule has 0 N–H and O–H groups in total. The number of hydrogen-bond donors (Lipinski definition) is 0. The van der Waals surface area contributed by atoms with Crippen LogP contribution in [-0.4, -0.2) is 31.6 Å². The van der Waals surface area contributed by atoms with E-state index in [-0.39, 0.29) is 24.6 Å². The second-order valence-electron chi connectivity index (χ2n) is 3.42. The van der Waals surface area contributed by atoms with Crippen molar-refractivity contribution < 1.29 is 18.3 Å². The summed E-state index contributed by atoms with van der Waals surface area (Å²) in [7, 11) is 2.94. The lowest BCUT2D eigenvalue weighted by Crippen LogP contribution is -2.29. The molecule has 1 aromatic rings. The Morgan fingerprint density at radius 2 is 2.12 bits per heavy atom. The third-order valence-electron chi connectivity index (χ3n) is 2.12. The molecule has 0 spiro atoms. The van der Waals surface area contributed by atoms with Crippen molar-refractivity contribution in [2.24, 2.45) is 0 Å². The van der Waals surface area contributed by atoms with Gasteiger partial charge in [-0.05, 0) is 6.07 Å². The maximum absolute atomic E-state index is 13.3. The minimum atomic E-state index is -0.655. The van der Waals surface area contributed by atoms with Gasteiger partial charge in [0.2, 0.25) is 5.91 Å². The summed E-state index contributed by atoms with van der Waals surface area (Å²) < 4.78 is 30.5. The van der Waals surface area contributed by atoms with Crippen molar-refractivity contribution in [1.82, 2.24) is 4.90 Å². The first kappa shape index (κ1) is 12.6. The van der Waals surface area contributed by atoms with Gasteiger partial charge in [-0.3, -0.25) is 4.79 Å². The van der Waals surface area contributed by atoms with Crippen LogP contribution in [-0.2, 0) is 16.1 Å². The van der Waals surface area contributed by atoms with Gasteiger partial charge in [-0.15, -0.1) is 0 Å². The molecule has 0 saturated heterocycles. The van der Waals surface area contributed by atoms with E-state index in [0.29, 0.717) is 0 Å². The Balaban J connectivity index is 2.69. The van der Waals surface area contributed by atoms with E-state index in [4.69, 9.17) is 0 Å². The number of carbonyl (C=O) groups excluding carboxylic acids is 1. The summed E-state index contributed by atoms with van der Waals surface area (Å²) in [6.07, 6.45) is 0. The van der Waals surface area contributed by atoms with Gasteiger partial charge in [-0.1, -0.05) is 6.07 Å². The smallest absolute Gasteiger partial charge is 0.248 e. The molecule has 0 atom stereocenters. The van der Waals surface area contributed by atoms with Gasteiger partial charge in [0.25, 0.3) is 0 Å². The van der Waals surface area contributed by atoms with Gasteiger partial charge >= 0.3 is 0 Å². The fourth-order valence-electron chi connectivity index (χ4n) is 1.23. The molecule has 0 bridgehead atoms. The van der Waals surface area contributed by atoms with Gasteiger partial charge in [0.05, 0.1) is 0 Å². The monoisotopic (exact) mass is 229 g/mol. The van der Waals surface area contributed by atoms with Crippen molar-refractivity contribution in [2.45, 2.75) is 6.54 Å². The molecule has 3 nitrogen and oxygen atoms in total. The van der Waals surface area contributed by atoms with E-state index in [1.807, 2.05) is 0 Å². The number of likely N-dealkylation sites (N-methyl/N-ethyl adjacent to an activating group) is 1. The number of benzene rings is 1. The van der Waals surface area contributed by atoms with Crippen LogP contribution in [0.1, 0.15) is 5.56 Å². The Morgan fingerprint density at radius 3 is 2.69 bits per heavy atom. The summed E-state index contributed by atoms with van der Waals surface area (Å²) >= 11 is 0. The largest absolute Gasteiger partial charge is 0.375 e. The van der Waals surface area contributed by atoms with E-state index in [1.54, 1.807) is 0 Å². The van der Waals surface area contributed by atoms with Crippen LogP contribution < -0.4 is 0 Å². The minimum absolute atomic E-state index is 0.0562. The van der Waals surface area contributed by atoms with E-state index in [9.17, 15) is 13.6 Å². The van der Waals surface area contributed by atoms with Gasteiger partial charge in [-0.25, -0.2) is 8.78 Å². The zero-order chi connectivity index (χ0) is 12.1. The number of amides is 1. The lowest BCUT2D eigenvalue weighted by atomic mass is 10.2. The second kappa shape index (κ2) is 5.55. The topological polar surface area (TPSA) is 29.5 Å². The lowest BCUT2D eigenvalue weighted by molar-refractivity contribution is -0.134. The highest BCUT2D eigenvalue weighted by molar-refractivity contribution is 5.77. The molecule has 16 heavy (non-hydrogen) atoms. The maximum Gasteiger partial charge on any atom is 0.248 e. The number of halogens is 2. The highest BCUT2D eigenvalue weighted by Gasteiger charge is 2.11. The summed E-state index contributed by atoms with van der Waals surface area (Å²) in [5.41, 5.74) is 0.272. The van der Waals surface area contributed by atoms with Crippen LogP contribution in [0.5, 0.6) is 0 Å². The van der Waals surface area contributed by atoms with E-state index in [1.165, 1.54) is 25.1 Å². The first-order valence-corrected chi connectivity index (χ1v) is 4.71. The Labute approximate surface area is 92.6 Å². The van der Waals surface area contributed by atoms with Gasteiger partial charge in [0.1, 0.15) is 18.2 Å². The van der Waals surface area contributed by atoms with E-state index in [2.05, 4.69) is 4.74 Å². The molecule has 1 amide bonds. The Morgan fingerprint density at radius 1 is 1.44 bits per heavy atom. The molecule has 1 rings (SSSR count). The van der Waals surface area contributed by atoms with Gasteiger partial charge in [0, 0.05) is 32.3 Å². The predicted octanol–water partition coefficient (Wildman–Crippen LogP) is 1.57. The number of nitrogens with zero attached hydrogens (tertiary/aromatic N) is 1. The molecule has 0 aliphatic rings. The summed E-state index contributed by atoms with van der Waals surface area (Å²) in [6, 6.07) is 3.28. The molecule has 88 valence electrons. The molecule has 0 unspecified atom stereocenters. The summed E-state index contributed by atoms with van der Waals surface area (Å²) in [5.74, 6) is -1.55. The molecular formula is C11H13F2NO2. The first-order valence-electron chi connectivity index (χ1n) is 4.71. The van der Waals surface area contributed by atoms with Gasteiger partial charge in [-0.2, -0.15) is 0 Å². The van der Waals surface area contributed by atoms with E-state index < -0.39 is 11.6 Å². The van der Waals surface area contributed by atoms with Crippen molar-refractivity contribution in [3.8, 4) is 0 Å². The van der Waals surface area contributed by atoms with Crippen molar-refractivity contribution in [3.63, 3.8) is 0 Å². The van der Waals surface area contributed by atoms with Gasteiger partial charge < -0.3 is 9.64 Å². The third-order valence-corrected chi connectivity index (χ3v) is 2.12. The molecule has 5 heteroatoms. The quantitative estimate of drug-likeness (QED) is 0.784. The van der Waals surface area contributed by atoms with Crippen molar-refractivity contribution >= 4 is 5.91 Å². The predicted molar refractivity (Wildman–Crippen MR) is 54.7 cm³/mol. The Bertz CT molecular complexity index is 382. The van der Waals surface area contributed by atoms with Gasteiger partial charge in [0.15, 0.2) is 0 Å². The van der Waals surface area contributed by atoms with E-state index >= 15 is 0 Å². The molecule has 0 fully saturated rings. The highest BCUT2D eigenvalue weighted by Crippen LogP contribution is 2.11. The Hall–Kier alpha value is -1.49. The average molecular weight is 229 g/mol. The molecule has 0 aromatic heterocycles. The number of rotatable bonds is 4. The molecule has 0 aliphatic heterocycles. The van der Waals surface area contributed by atoms with Crippen molar-refractivity contribution in [2.75, 3.05) is 20.8 Å². The molecule has 0 radical (unpaired) electrons. The van der Waals surface area contributed by atoms with Crippen LogP contribution >= 0.6 is 0 Å².